The first kappa shape index (κ1) is 17.5. The molecule has 0 radical (unpaired) electrons. The summed E-state index contributed by atoms with van der Waals surface area (Å²) in [6.45, 7) is 0. The minimum absolute atomic E-state index is 0.110. The minimum atomic E-state index is -0.256. The van der Waals surface area contributed by atoms with Gasteiger partial charge in [0.15, 0.2) is 0 Å². The maximum Gasteiger partial charge on any atom is 0.286 e. The van der Waals surface area contributed by atoms with Crippen LogP contribution in [-0.4, -0.2) is 28.1 Å². The molecular weight excluding hydrogens is 336 g/mol. The first-order valence-corrected chi connectivity index (χ1v) is 9.50. The summed E-state index contributed by atoms with van der Waals surface area (Å²) in [4.78, 5) is 24.0. The smallest absolute Gasteiger partial charge is 0.286 e. The largest absolute Gasteiger partial charge is 0.353 e. The summed E-state index contributed by atoms with van der Waals surface area (Å²) in [5.74, 6) is -0.146. The highest BCUT2D eigenvalue weighted by molar-refractivity contribution is 7.13. The van der Waals surface area contributed by atoms with Gasteiger partial charge in [-0.2, -0.15) is 0 Å². The molecule has 0 saturated heterocycles. The van der Waals surface area contributed by atoms with Gasteiger partial charge < -0.3 is 10.6 Å². The summed E-state index contributed by atoms with van der Waals surface area (Å²) in [6.07, 6.45) is 6.49. The van der Waals surface area contributed by atoms with Crippen molar-refractivity contribution in [2.24, 2.45) is 0 Å². The van der Waals surface area contributed by atoms with Gasteiger partial charge in [0.2, 0.25) is 10.9 Å². The molecule has 1 saturated carbocycles. The van der Waals surface area contributed by atoms with Crippen molar-refractivity contribution in [2.75, 3.05) is 5.32 Å². The number of anilines is 1. The molecule has 3 rings (SSSR count). The van der Waals surface area contributed by atoms with Crippen LogP contribution in [0.1, 0.15) is 53.3 Å². The second-order valence-corrected chi connectivity index (χ2v) is 7.29. The third kappa shape index (κ3) is 5.35. The summed E-state index contributed by atoms with van der Waals surface area (Å²) in [7, 11) is 0. The topological polar surface area (TPSA) is 84.0 Å². The fraction of sp³-hybridized carbons (Fsp3) is 0.444. The van der Waals surface area contributed by atoms with E-state index in [0.717, 1.165) is 23.5 Å². The van der Waals surface area contributed by atoms with E-state index in [9.17, 15) is 9.59 Å². The fourth-order valence-electron chi connectivity index (χ4n) is 2.92. The van der Waals surface area contributed by atoms with Crippen molar-refractivity contribution in [1.82, 2.24) is 15.5 Å². The summed E-state index contributed by atoms with van der Waals surface area (Å²) < 4.78 is 0. The molecule has 132 valence electrons. The number of hydrogen-bond acceptors (Lipinski definition) is 5. The van der Waals surface area contributed by atoms with E-state index >= 15 is 0 Å². The highest BCUT2D eigenvalue weighted by atomic mass is 32.1. The molecule has 1 aromatic carbocycles. The van der Waals surface area contributed by atoms with E-state index < -0.39 is 0 Å². The Morgan fingerprint density at radius 2 is 1.88 bits per heavy atom. The summed E-state index contributed by atoms with van der Waals surface area (Å²) in [5.41, 5.74) is 0.729. The van der Waals surface area contributed by atoms with E-state index in [-0.39, 0.29) is 11.8 Å². The minimum Gasteiger partial charge on any atom is -0.353 e. The Hall–Kier alpha value is -2.28. The fourth-order valence-corrected chi connectivity index (χ4v) is 3.70. The second-order valence-electron chi connectivity index (χ2n) is 6.22. The lowest BCUT2D eigenvalue weighted by Crippen LogP contribution is -2.32. The van der Waals surface area contributed by atoms with Gasteiger partial charge in [-0.25, -0.2) is 0 Å². The number of aryl methyl sites for hydroxylation is 1. The van der Waals surface area contributed by atoms with Crippen LogP contribution in [0.4, 0.5) is 5.69 Å². The molecule has 7 heteroatoms. The zero-order valence-corrected chi connectivity index (χ0v) is 14.8. The van der Waals surface area contributed by atoms with Crippen molar-refractivity contribution < 1.29 is 9.59 Å². The lowest BCUT2D eigenvalue weighted by molar-refractivity contribution is -0.121. The molecule has 25 heavy (non-hydrogen) atoms. The van der Waals surface area contributed by atoms with Crippen molar-refractivity contribution in [2.45, 2.75) is 51.0 Å². The Balaban J connectivity index is 1.42. The van der Waals surface area contributed by atoms with Crippen molar-refractivity contribution in [3.63, 3.8) is 0 Å². The molecule has 0 spiro atoms. The predicted molar refractivity (Wildman–Crippen MR) is 97.6 cm³/mol. The Labute approximate surface area is 151 Å². The summed E-state index contributed by atoms with van der Waals surface area (Å²) >= 11 is 1.28. The van der Waals surface area contributed by atoms with Crippen molar-refractivity contribution in [3.05, 3.63) is 40.3 Å². The van der Waals surface area contributed by atoms with Gasteiger partial charge in [-0.3, -0.25) is 9.59 Å². The molecule has 2 N–H and O–H groups in total. The molecule has 0 unspecified atom stereocenters. The highest BCUT2D eigenvalue weighted by Gasteiger charge is 2.17. The van der Waals surface area contributed by atoms with Gasteiger partial charge in [-0.05, 0) is 31.4 Å². The molecule has 0 aliphatic heterocycles. The Bertz CT molecular complexity index is 711. The van der Waals surface area contributed by atoms with Crippen LogP contribution in [0.15, 0.2) is 30.3 Å². The van der Waals surface area contributed by atoms with Crippen molar-refractivity contribution in [3.8, 4) is 0 Å². The highest BCUT2D eigenvalue weighted by Crippen LogP contribution is 2.18. The number of carbonyl (C=O) groups excluding carboxylic acids is 2. The maximum absolute atomic E-state index is 12.1. The normalized spacial score (nSPS) is 14.4. The molecule has 2 amide bonds. The van der Waals surface area contributed by atoms with Crippen molar-refractivity contribution in [1.29, 1.82) is 0 Å². The zero-order chi connectivity index (χ0) is 17.5. The van der Waals surface area contributed by atoms with Crippen LogP contribution in [0.5, 0.6) is 0 Å². The summed E-state index contributed by atoms with van der Waals surface area (Å²) in [6, 6.07) is 9.62. The number of benzene rings is 1. The number of para-hydroxylation sites is 1. The number of hydrogen-bond donors (Lipinski definition) is 2. The van der Waals surface area contributed by atoms with E-state index in [1.54, 1.807) is 0 Å². The number of amides is 2. The van der Waals surface area contributed by atoms with Crippen LogP contribution in [0.25, 0.3) is 0 Å². The average Bonchev–Trinajstić information content (AvgIpc) is 3.28. The van der Waals surface area contributed by atoms with E-state index in [1.807, 2.05) is 30.3 Å². The summed E-state index contributed by atoms with van der Waals surface area (Å²) in [5, 5.41) is 15.0. The first-order valence-electron chi connectivity index (χ1n) is 8.69. The SMILES string of the molecule is O=C(CCCc1nnc(C(=O)Nc2ccccc2)s1)NC1CCCC1. The molecule has 1 fully saturated rings. The predicted octanol–water partition coefficient (Wildman–Crippen LogP) is 3.17. The van der Waals surface area contributed by atoms with Crippen LogP contribution in [0.2, 0.25) is 0 Å². The van der Waals surface area contributed by atoms with E-state index in [0.29, 0.717) is 30.3 Å². The van der Waals surface area contributed by atoms with Crippen LogP contribution in [0, 0.1) is 0 Å². The number of rotatable bonds is 7. The van der Waals surface area contributed by atoms with Crippen LogP contribution in [-0.2, 0) is 11.2 Å². The van der Waals surface area contributed by atoms with E-state index in [1.165, 1.54) is 24.2 Å². The Morgan fingerprint density at radius 3 is 2.64 bits per heavy atom. The van der Waals surface area contributed by atoms with E-state index in [4.69, 9.17) is 0 Å². The van der Waals surface area contributed by atoms with Gasteiger partial charge in [-0.1, -0.05) is 42.4 Å². The van der Waals surface area contributed by atoms with Crippen LogP contribution in [0.3, 0.4) is 0 Å². The molecule has 6 nitrogen and oxygen atoms in total. The quantitative estimate of drug-likeness (QED) is 0.796. The van der Waals surface area contributed by atoms with Gasteiger partial charge in [0.1, 0.15) is 5.01 Å². The van der Waals surface area contributed by atoms with Crippen LogP contribution >= 0.6 is 11.3 Å². The molecule has 1 aliphatic carbocycles. The molecular formula is C18H22N4O2S. The Morgan fingerprint density at radius 1 is 1.12 bits per heavy atom. The standard InChI is InChI=1S/C18H22N4O2S/c23-15(19-13-9-4-5-10-13)11-6-12-16-21-22-18(25-16)17(24)20-14-7-2-1-3-8-14/h1-3,7-8,13H,4-6,9-12H2,(H,19,23)(H,20,24). The zero-order valence-electron chi connectivity index (χ0n) is 14.0. The van der Waals surface area contributed by atoms with Gasteiger partial charge in [-0.15, -0.1) is 10.2 Å². The Kier molecular flexibility index (Phi) is 6.11. The third-order valence-electron chi connectivity index (χ3n) is 4.21. The maximum atomic E-state index is 12.1. The number of nitrogens with one attached hydrogen (secondary N) is 2. The molecule has 0 bridgehead atoms. The first-order chi connectivity index (χ1) is 12.2. The third-order valence-corrected chi connectivity index (χ3v) is 5.19. The van der Waals surface area contributed by atoms with Crippen LogP contribution < -0.4 is 10.6 Å². The van der Waals surface area contributed by atoms with Gasteiger partial charge in [0.05, 0.1) is 0 Å². The molecule has 1 aromatic heterocycles. The monoisotopic (exact) mass is 358 g/mol. The second kappa shape index (κ2) is 8.71. The number of nitrogens with zero attached hydrogens (tertiary/aromatic N) is 2. The average molecular weight is 358 g/mol. The van der Waals surface area contributed by atoms with Gasteiger partial charge in [0.25, 0.3) is 5.91 Å². The molecule has 1 aliphatic rings. The number of aromatic nitrogens is 2. The lowest BCUT2D eigenvalue weighted by atomic mass is 10.2. The molecule has 1 heterocycles. The molecule has 0 atom stereocenters. The molecule has 2 aromatic rings. The lowest BCUT2D eigenvalue weighted by Gasteiger charge is -2.11. The van der Waals surface area contributed by atoms with Gasteiger partial charge >= 0.3 is 0 Å². The van der Waals surface area contributed by atoms with Crippen molar-refractivity contribution >= 4 is 28.8 Å². The number of carbonyl (C=O) groups is 2. The van der Waals surface area contributed by atoms with Gasteiger partial charge in [0, 0.05) is 24.6 Å². The van der Waals surface area contributed by atoms with E-state index in [2.05, 4.69) is 20.8 Å².